The number of urea groups is 1. The first-order valence-corrected chi connectivity index (χ1v) is 13.0. The third-order valence-electron chi connectivity index (χ3n) is 7.64. The van der Waals surface area contributed by atoms with Crippen molar-refractivity contribution in [2.24, 2.45) is 0 Å². The zero-order valence-electron chi connectivity index (χ0n) is 22.0. The van der Waals surface area contributed by atoms with E-state index >= 15 is 0 Å². The van der Waals surface area contributed by atoms with Gasteiger partial charge in [-0.2, -0.15) is 5.26 Å². The van der Waals surface area contributed by atoms with Crippen LogP contribution in [0.3, 0.4) is 0 Å². The Morgan fingerprint density at radius 2 is 2.08 bits per heavy atom. The predicted molar refractivity (Wildman–Crippen MR) is 142 cm³/mol. The normalized spacial score (nSPS) is 22.1. The number of nitrogens with zero attached hydrogens (tertiary/aromatic N) is 5. The van der Waals surface area contributed by atoms with Gasteiger partial charge < -0.3 is 19.7 Å². The Kier molecular flexibility index (Phi) is 7.72. The minimum absolute atomic E-state index is 0.0700. The molecule has 12 heteroatoms. The van der Waals surface area contributed by atoms with Gasteiger partial charge in [0.1, 0.15) is 29.5 Å². The Balaban J connectivity index is 1.34. The van der Waals surface area contributed by atoms with Crippen LogP contribution in [0, 0.1) is 11.3 Å². The first kappa shape index (κ1) is 26.5. The molecule has 2 N–H and O–H groups in total. The lowest BCUT2D eigenvalue weighted by Crippen LogP contribution is -2.44. The smallest absolute Gasteiger partial charge is 0.328 e. The van der Waals surface area contributed by atoms with Gasteiger partial charge in [0.2, 0.25) is 0 Å². The lowest BCUT2D eigenvalue weighted by molar-refractivity contribution is -0.136. The molecule has 2 aromatic heterocycles. The second kappa shape index (κ2) is 11.3. The van der Waals surface area contributed by atoms with Gasteiger partial charge in [0.05, 0.1) is 23.4 Å². The number of nitrogens with one attached hydrogen (secondary N) is 2. The summed E-state index contributed by atoms with van der Waals surface area (Å²) in [5.74, 6) is 0.595. The van der Waals surface area contributed by atoms with E-state index in [1.54, 1.807) is 18.1 Å². The number of methoxy groups -OCH3 is 2. The number of carbonyl (C=O) groups excluding carboxylic acids is 3. The van der Waals surface area contributed by atoms with Crippen LogP contribution in [0.2, 0.25) is 0 Å². The maximum absolute atomic E-state index is 13.3. The fourth-order valence-electron chi connectivity index (χ4n) is 5.30. The van der Waals surface area contributed by atoms with Crippen LogP contribution in [0.1, 0.15) is 52.9 Å². The zero-order chi connectivity index (χ0) is 27.5. The summed E-state index contributed by atoms with van der Waals surface area (Å²) in [7, 11) is 3.17. The molecule has 5 rings (SSSR count). The van der Waals surface area contributed by atoms with Crippen molar-refractivity contribution < 1.29 is 23.9 Å². The number of pyridine rings is 2. The number of amides is 3. The number of aromatic nitrogens is 2. The third kappa shape index (κ3) is 5.28. The number of nitriles is 1. The van der Waals surface area contributed by atoms with Crippen LogP contribution < -0.4 is 15.5 Å². The summed E-state index contributed by atoms with van der Waals surface area (Å²) >= 11 is 0. The van der Waals surface area contributed by atoms with Crippen LogP contribution >= 0.6 is 0 Å². The zero-order valence-corrected chi connectivity index (χ0v) is 22.0. The molecular weight excluding hydrogens is 502 g/mol. The lowest BCUT2D eigenvalue weighted by Gasteiger charge is -2.36. The highest BCUT2D eigenvalue weighted by atomic mass is 16.5. The Hall–Kier alpha value is -4.08. The number of aryl methyl sites for hydroxylation is 1. The molecule has 204 valence electrons. The van der Waals surface area contributed by atoms with Crippen LogP contribution in [0.5, 0.6) is 0 Å². The van der Waals surface area contributed by atoms with Crippen molar-refractivity contribution in [1.82, 2.24) is 14.9 Å². The number of hydrogen-bond acceptors (Lipinski definition) is 9. The second-order valence-corrected chi connectivity index (χ2v) is 9.92. The minimum atomic E-state index is -0.462. The number of carbonyl (C=O) groups is 3. The molecule has 0 aromatic carbocycles. The van der Waals surface area contributed by atoms with Crippen LogP contribution in [0.25, 0.3) is 0 Å². The molecule has 4 heterocycles. The molecule has 2 aromatic rings. The van der Waals surface area contributed by atoms with Gasteiger partial charge >= 0.3 is 6.03 Å². The number of aldehydes is 1. The molecule has 0 radical (unpaired) electrons. The number of rotatable bonds is 8. The van der Waals surface area contributed by atoms with Crippen molar-refractivity contribution in [3.8, 4) is 6.07 Å². The molecule has 0 bridgehead atoms. The summed E-state index contributed by atoms with van der Waals surface area (Å²) in [6.07, 6.45) is 5.56. The second-order valence-electron chi connectivity index (χ2n) is 9.92. The number of fused-ring (bicyclic) bond motifs is 1. The molecule has 3 atom stereocenters. The molecule has 2 fully saturated rings. The Bertz CT molecular complexity index is 1320. The minimum Gasteiger partial charge on any atom is -0.379 e. The molecule has 1 saturated carbocycles. The number of ether oxygens (including phenoxy) is 2. The van der Waals surface area contributed by atoms with Gasteiger partial charge in [0, 0.05) is 58.1 Å². The number of anilines is 3. The first-order chi connectivity index (χ1) is 18.9. The maximum atomic E-state index is 13.3. The van der Waals surface area contributed by atoms with E-state index in [-0.39, 0.29) is 36.1 Å². The standard InChI is InChI=1S/C27H31N7O5/c1-38-22-6-5-19(22)30-20-11-24(29-13-18(20)12-28)32-27(37)34-8-3-4-16-10-17(21(15-35)31-25(16)34)14-33-9-7-23(39-2)26(33)36/h10-11,13,15,19,22-23H,3-9,14H2,1-2H3,(H2,29,30,32,37)/t19-,22-,23+/m1/s1. The molecule has 12 nitrogen and oxygen atoms in total. The van der Waals surface area contributed by atoms with Gasteiger partial charge in [-0.05, 0) is 37.3 Å². The number of likely N-dealkylation sites (tertiary alicyclic amines) is 1. The topological polar surface area (TPSA) is 150 Å². The molecule has 0 unspecified atom stereocenters. The van der Waals surface area contributed by atoms with E-state index in [0.717, 1.165) is 18.4 Å². The summed E-state index contributed by atoms with van der Waals surface area (Å²) in [6, 6.07) is 5.28. The van der Waals surface area contributed by atoms with Gasteiger partial charge in [-0.25, -0.2) is 14.8 Å². The van der Waals surface area contributed by atoms with Gasteiger partial charge in [-0.3, -0.25) is 19.8 Å². The molecule has 3 amide bonds. The molecule has 0 spiro atoms. The van der Waals surface area contributed by atoms with Gasteiger partial charge in [0.25, 0.3) is 5.91 Å². The Morgan fingerprint density at radius 3 is 2.74 bits per heavy atom. The Labute approximate surface area is 226 Å². The molecule has 39 heavy (non-hydrogen) atoms. The van der Waals surface area contributed by atoms with E-state index in [1.807, 2.05) is 6.07 Å². The van der Waals surface area contributed by atoms with Crippen LogP contribution in [0.4, 0.5) is 22.1 Å². The molecule has 1 saturated heterocycles. The highest BCUT2D eigenvalue weighted by molar-refractivity contribution is 6.02. The Morgan fingerprint density at radius 1 is 1.23 bits per heavy atom. The summed E-state index contributed by atoms with van der Waals surface area (Å²) in [6.45, 7) is 1.22. The van der Waals surface area contributed by atoms with Crippen molar-refractivity contribution >= 4 is 35.5 Å². The van der Waals surface area contributed by atoms with Crippen LogP contribution in [0.15, 0.2) is 18.3 Å². The van der Waals surface area contributed by atoms with E-state index in [9.17, 15) is 19.6 Å². The monoisotopic (exact) mass is 533 g/mol. The fraction of sp³-hybridized carbons (Fsp3) is 0.481. The number of hydrogen-bond donors (Lipinski definition) is 2. The summed E-state index contributed by atoms with van der Waals surface area (Å²) in [4.78, 5) is 49.7. The van der Waals surface area contributed by atoms with Crippen molar-refractivity contribution in [2.45, 2.75) is 56.9 Å². The molecule has 3 aliphatic rings. The van der Waals surface area contributed by atoms with Crippen LogP contribution in [-0.2, 0) is 27.2 Å². The van der Waals surface area contributed by atoms with E-state index in [1.165, 1.54) is 18.2 Å². The van der Waals surface area contributed by atoms with Gasteiger partial charge in [-0.15, -0.1) is 0 Å². The van der Waals surface area contributed by atoms with Crippen molar-refractivity contribution in [1.29, 1.82) is 5.26 Å². The molecule has 2 aliphatic heterocycles. The van der Waals surface area contributed by atoms with E-state index in [4.69, 9.17) is 9.47 Å². The summed E-state index contributed by atoms with van der Waals surface area (Å²) in [5, 5.41) is 15.6. The van der Waals surface area contributed by atoms with Crippen molar-refractivity contribution in [3.05, 3.63) is 40.7 Å². The average molecular weight is 534 g/mol. The van der Waals surface area contributed by atoms with E-state index in [0.29, 0.717) is 61.3 Å². The predicted octanol–water partition coefficient (Wildman–Crippen LogP) is 2.48. The summed E-state index contributed by atoms with van der Waals surface area (Å²) < 4.78 is 10.7. The highest BCUT2D eigenvalue weighted by Crippen LogP contribution is 2.31. The lowest BCUT2D eigenvalue weighted by atomic mass is 9.88. The SMILES string of the molecule is CO[C@H]1CCN(Cc2cc3c(nc2C=O)N(C(=O)Nc2cc(N[C@@H]4CC[C@H]4OC)c(C#N)cn2)CCC3)C1=O. The molecule has 1 aliphatic carbocycles. The highest BCUT2D eigenvalue weighted by Gasteiger charge is 2.33. The van der Waals surface area contributed by atoms with E-state index in [2.05, 4.69) is 26.7 Å². The average Bonchev–Trinajstić information content (AvgIpc) is 3.29. The van der Waals surface area contributed by atoms with E-state index < -0.39 is 12.1 Å². The largest absolute Gasteiger partial charge is 0.379 e. The molecular formula is C27H31N7O5. The quantitative estimate of drug-likeness (QED) is 0.488. The van der Waals surface area contributed by atoms with Gasteiger partial charge in [0.15, 0.2) is 6.29 Å². The van der Waals surface area contributed by atoms with Crippen LogP contribution in [-0.4, -0.2) is 78.7 Å². The maximum Gasteiger partial charge on any atom is 0.328 e. The summed E-state index contributed by atoms with van der Waals surface area (Å²) in [5.41, 5.74) is 2.62. The van der Waals surface area contributed by atoms with Crippen molar-refractivity contribution in [3.63, 3.8) is 0 Å². The fourth-order valence-corrected chi connectivity index (χ4v) is 5.30. The van der Waals surface area contributed by atoms with Crippen molar-refractivity contribution in [2.75, 3.05) is 42.8 Å². The first-order valence-electron chi connectivity index (χ1n) is 13.0. The third-order valence-corrected chi connectivity index (χ3v) is 7.64. The van der Waals surface area contributed by atoms with Gasteiger partial charge in [-0.1, -0.05) is 0 Å².